The van der Waals surface area contributed by atoms with E-state index in [4.69, 9.17) is 9.97 Å². The van der Waals surface area contributed by atoms with Gasteiger partial charge in [0.15, 0.2) is 0 Å². The van der Waals surface area contributed by atoms with Gasteiger partial charge in [-0.1, -0.05) is 31.2 Å². The predicted molar refractivity (Wildman–Crippen MR) is 207 cm³/mol. The number of aromatic nitrogens is 3. The molecule has 2 aromatic heterocycles. The summed E-state index contributed by atoms with van der Waals surface area (Å²) in [5.41, 5.74) is 6.78. The van der Waals surface area contributed by atoms with Gasteiger partial charge in [0.05, 0.1) is 0 Å². The molecule has 53 heavy (non-hydrogen) atoms. The van der Waals surface area contributed by atoms with Crippen LogP contribution in [0.15, 0.2) is 79.5 Å². The Hall–Kier alpha value is -5.82. The Morgan fingerprint density at radius 2 is 1.70 bits per heavy atom. The van der Waals surface area contributed by atoms with Gasteiger partial charge in [0.25, 0.3) is 5.91 Å². The number of hydrogen-bond donors (Lipinski definition) is 5. The van der Waals surface area contributed by atoms with E-state index in [0.717, 1.165) is 74.7 Å². The first-order valence-corrected chi connectivity index (χ1v) is 18.4. The molecule has 3 aliphatic rings. The summed E-state index contributed by atoms with van der Waals surface area (Å²) in [5.74, 6) is 1.05. The molecule has 2 aliphatic heterocycles. The second-order valence-corrected chi connectivity index (χ2v) is 13.7. The molecule has 2 fully saturated rings. The van der Waals surface area contributed by atoms with Crippen LogP contribution in [0.2, 0.25) is 0 Å². The third kappa shape index (κ3) is 8.63. The molecule has 2 saturated heterocycles. The number of carbonyl (C=O) groups is 3. The zero-order chi connectivity index (χ0) is 36.7. The maximum Gasteiger partial charge on any atom is 0.256 e. The highest BCUT2D eigenvalue weighted by Gasteiger charge is 2.27. The minimum Gasteiger partial charge on any atom is -0.374 e. The summed E-state index contributed by atoms with van der Waals surface area (Å²) in [5, 5.41) is 15.0. The molecular formula is C40H46N10O3. The van der Waals surface area contributed by atoms with Crippen molar-refractivity contribution in [1.29, 1.82) is 0 Å². The fourth-order valence-corrected chi connectivity index (χ4v) is 7.13. The van der Waals surface area contributed by atoms with Crippen molar-refractivity contribution in [2.45, 2.75) is 57.5 Å². The van der Waals surface area contributed by atoms with Gasteiger partial charge in [0, 0.05) is 80.6 Å². The van der Waals surface area contributed by atoms with Crippen LogP contribution in [0, 0.1) is 0 Å². The van der Waals surface area contributed by atoms with E-state index in [9.17, 15) is 14.4 Å². The van der Waals surface area contributed by atoms with Gasteiger partial charge in [-0.05, 0) is 79.3 Å². The van der Waals surface area contributed by atoms with E-state index in [1.54, 1.807) is 6.08 Å². The molecule has 0 saturated carbocycles. The number of nitrogens with one attached hydrogen (secondary N) is 5. The Labute approximate surface area is 309 Å². The van der Waals surface area contributed by atoms with Crippen LogP contribution in [0.3, 0.4) is 0 Å². The Morgan fingerprint density at radius 3 is 2.43 bits per heavy atom. The van der Waals surface area contributed by atoms with E-state index in [2.05, 4.69) is 85.2 Å². The number of piperidine rings is 1. The molecule has 13 nitrogen and oxygen atoms in total. The monoisotopic (exact) mass is 714 g/mol. The Bertz CT molecular complexity index is 1960. The fraction of sp³-hybridized carbons (Fsp3) is 0.350. The highest BCUT2D eigenvalue weighted by atomic mass is 16.2. The van der Waals surface area contributed by atoms with E-state index >= 15 is 0 Å². The van der Waals surface area contributed by atoms with Crippen LogP contribution in [0.1, 0.15) is 65.7 Å². The third-order valence-corrected chi connectivity index (χ3v) is 10.1. The lowest BCUT2D eigenvalue weighted by atomic mass is 10.0. The van der Waals surface area contributed by atoms with Gasteiger partial charge >= 0.3 is 0 Å². The van der Waals surface area contributed by atoms with Crippen molar-refractivity contribution in [2.24, 2.45) is 0 Å². The summed E-state index contributed by atoms with van der Waals surface area (Å²) in [6.07, 6.45) is 7.20. The van der Waals surface area contributed by atoms with Crippen LogP contribution < -0.4 is 31.5 Å². The van der Waals surface area contributed by atoms with Crippen molar-refractivity contribution >= 4 is 52.4 Å². The SMILES string of the molecule is C=CCNC(=O)c1cnc(Nc2ccc(CN3CCN(c4ccc(NC5CCC(=O)NC5=O)cc4)CC3)cc2)nc1Nc1ccc2c(n1)C(CC)CC2. The zero-order valence-electron chi connectivity index (χ0n) is 30.0. The summed E-state index contributed by atoms with van der Waals surface area (Å²) >= 11 is 0. The first-order valence-electron chi connectivity index (χ1n) is 18.4. The number of piperazine rings is 1. The van der Waals surface area contributed by atoms with Gasteiger partial charge in [-0.25, -0.2) is 9.97 Å². The van der Waals surface area contributed by atoms with Crippen LogP contribution in [0.5, 0.6) is 0 Å². The van der Waals surface area contributed by atoms with Crippen LogP contribution in [-0.2, 0) is 22.6 Å². The van der Waals surface area contributed by atoms with Crippen molar-refractivity contribution in [1.82, 2.24) is 30.5 Å². The standard InChI is InChI=1S/C40H46N10O3/c1-3-19-41-38(52)32-24-42-40(48-37(32)46-34-17-9-28-8-7-27(4-2)36(28)45-34)44-30-10-5-26(6-11-30)25-49-20-22-50(23-21-49)31-14-12-29(13-15-31)43-33-16-18-35(51)47-39(33)53/h3,5-6,9-15,17,24,27,33,43H,1,4,7-8,16,18-23,25H2,2H3,(H,41,52)(H,47,51,53)(H2,42,44,45,46,48). The molecule has 1 aliphatic carbocycles. The second-order valence-electron chi connectivity index (χ2n) is 13.7. The lowest BCUT2D eigenvalue weighted by Gasteiger charge is -2.36. The molecule has 2 aromatic carbocycles. The minimum atomic E-state index is -0.392. The summed E-state index contributed by atoms with van der Waals surface area (Å²) in [7, 11) is 0. The average Bonchev–Trinajstić information content (AvgIpc) is 3.59. The third-order valence-electron chi connectivity index (χ3n) is 10.1. The smallest absolute Gasteiger partial charge is 0.256 e. The fourth-order valence-electron chi connectivity index (χ4n) is 7.13. The van der Waals surface area contributed by atoms with Gasteiger partial charge in [0.1, 0.15) is 23.2 Å². The number of carbonyl (C=O) groups excluding carboxylic acids is 3. The largest absolute Gasteiger partial charge is 0.374 e. The number of hydrogen-bond acceptors (Lipinski definition) is 11. The number of amides is 3. The zero-order valence-corrected chi connectivity index (χ0v) is 30.0. The van der Waals surface area contributed by atoms with Gasteiger partial charge in [-0.15, -0.1) is 6.58 Å². The molecule has 0 radical (unpaired) electrons. The maximum atomic E-state index is 13.0. The molecule has 4 heterocycles. The molecule has 2 unspecified atom stereocenters. The Kier molecular flexibility index (Phi) is 10.9. The van der Waals surface area contributed by atoms with Crippen molar-refractivity contribution in [3.63, 3.8) is 0 Å². The first-order chi connectivity index (χ1) is 25.8. The number of benzene rings is 2. The molecule has 13 heteroatoms. The van der Waals surface area contributed by atoms with E-state index < -0.39 is 6.04 Å². The number of aryl methyl sites for hydroxylation is 1. The highest BCUT2D eigenvalue weighted by molar-refractivity contribution is 6.01. The number of nitrogens with zero attached hydrogens (tertiary/aromatic N) is 5. The summed E-state index contributed by atoms with van der Waals surface area (Å²) in [6.45, 7) is 10.8. The highest BCUT2D eigenvalue weighted by Crippen LogP contribution is 2.35. The minimum absolute atomic E-state index is 0.214. The van der Waals surface area contributed by atoms with Crippen molar-refractivity contribution in [2.75, 3.05) is 53.6 Å². The molecule has 2 atom stereocenters. The lowest BCUT2D eigenvalue weighted by molar-refractivity contribution is -0.133. The van der Waals surface area contributed by atoms with Gasteiger partial charge in [0.2, 0.25) is 17.8 Å². The molecular weight excluding hydrogens is 669 g/mol. The molecule has 7 rings (SSSR count). The first kappa shape index (κ1) is 35.6. The van der Waals surface area contributed by atoms with Crippen molar-refractivity contribution in [3.05, 3.63) is 102 Å². The van der Waals surface area contributed by atoms with E-state index in [0.29, 0.717) is 48.5 Å². The average molecular weight is 715 g/mol. The van der Waals surface area contributed by atoms with Crippen molar-refractivity contribution < 1.29 is 14.4 Å². The number of anilines is 6. The topological polar surface area (TPSA) is 157 Å². The summed E-state index contributed by atoms with van der Waals surface area (Å²) in [4.78, 5) is 55.4. The Morgan fingerprint density at radius 1 is 0.925 bits per heavy atom. The molecule has 0 bridgehead atoms. The van der Waals surface area contributed by atoms with E-state index in [-0.39, 0.29) is 17.7 Å². The lowest BCUT2D eigenvalue weighted by Crippen LogP contribution is -2.47. The van der Waals surface area contributed by atoms with E-state index in [1.165, 1.54) is 17.3 Å². The quantitative estimate of drug-likeness (QED) is 0.0911. The maximum absolute atomic E-state index is 13.0. The van der Waals surface area contributed by atoms with Crippen LogP contribution >= 0.6 is 0 Å². The number of imide groups is 1. The predicted octanol–water partition coefficient (Wildman–Crippen LogP) is 5.25. The van der Waals surface area contributed by atoms with Gasteiger partial charge in [-0.3, -0.25) is 24.6 Å². The van der Waals surface area contributed by atoms with Gasteiger partial charge < -0.3 is 26.2 Å². The van der Waals surface area contributed by atoms with Crippen molar-refractivity contribution in [3.8, 4) is 0 Å². The molecule has 0 spiro atoms. The summed E-state index contributed by atoms with van der Waals surface area (Å²) < 4.78 is 0. The molecule has 3 amide bonds. The number of rotatable bonds is 13. The Balaban J connectivity index is 0.940. The van der Waals surface area contributed by atoms with Gasteiger partial charge in [-0.2, -0.15) is 4.98 Å². The van der Waals surface area contributed by atoms with Crippen LogP contribution in [0.4, 0.5) is 34.6 Å². The van der Waals surface area contributed by atoms with Crippen LogP contribution in [0.25, 0.3) is 0 Å². The second kappa shape index (κ2) is 16.2. The summed E-state index contributed by atoms with van der Waals surface area (Å²) in [6, 6.07) is 20.1. The van der Waals surface area contributed by atoms with Crippen LogP contribution in [-0.4, -0.2) is 76.3 Å². The number of pyridine rings is 1. The number of fused-ring (bicyclic) bond motifs is 1. The molecule has 274 valence electrons. The normalized spacial score (nSPS) is 18.5. The van der Waals surface area contributed by atoms with E-state index in [1.807, 2.05) is 30.3 Å². The molecule has 5 N–H and O–H groups in total. The molecule has 4 aromatic rings.